The van der Waals surface area contributed by atoms with Crippen molar-refractivity contribution in [2.45, 2.75) is 113 Å². The van der Waals surface area contributed by atoms with Crippen LogP contribution in [-0.2, 0) is 9.47 Å². The molecule has 200 valence electrons. The topological polar surface area (TPSA) is 160 Å². The summed E-state index contributed by atoms with van der Waals surface area (Å²) in [4.78, 5) is 0. The van der Waals surface area contributed by atoms with E-state index in [1.165, 1.54) is 0 Å². The van der Waals surface area contributed by atoms with Gasteiger partial charge in [0.05, 0.1) is 24.4 Å². The fourth-order valence-corrected chi connectivity index (χ4v) is 8.71. The van der Waals surface area contributed by atoms with Crippen LogP contribution in [0.25, 0.3) is 0 Å². The molecule has 2 bridgehead atoms. The van der Waals surface area contributed by atoms with Crippen molar-refractivity contribution in [1.29, 1.82) is 0 Å². The third kappa shape index (κ3) is 3.47. The van der Waals surface area contributed by atoms with E-state index in [9.17, 15) is 35.7 Å². The van der Waals surface area contributed by atoms with Gasteiger partial charge in [0.25, 0.3) is 0 Å². The highest BCUT2D eigenvalue weighted by Gasteiger charge is 2.70. The second-order valence-corrected chi connectivity index (χ2v) is 12.9. The van der Waals surface area contributed by atoms with Gasteiger partial charge in [0.2, 0.25) is 0 Å². The van der Waals surface area contributed by atoms with Crippen LogP contribution >= 0.6 is 0 Å². The average molecular weight is 499 g/mol. The number of rotatable bonds is 3. The van der Waals surface area contributed by atoms with E-state index >= 15 is 0 Å². The second kappa shape index (κ2) is 8.19. The van der Waals surface area contributed by atoms with E-state index in [1.54, 1.807) is 0 Å². The molecule has 4 saturated carbocycles. The molecule has 1 spiro atoms. The van der Waals surface area contributed by atoms with E-state index in [2.05, 4.69) is 6.58 Å². The van der Waals surface area contributed by atoms with Gasteiger partial charge in [-0.05, 0) is 62.7 Å². The summed E-state index contributed by atoms with van der Waals surface area (Å²) in [6.45, 7) is 9.42. The predicted molar refractivity (Wildman–Crippen MR) is 124 cm³/mol. The van der Waals surface area contributed by atoms with Crippen molar-refractivity contribution in [3.63, 3.8) is 0 Å². The van der Waals surface area contributed by atoms with Crippen LogP contribution in [0.4, 0.5) is 0 Å². The number of aliphatic hydroxyl groups excluding tert-OH is 5. The van der Waals surface area contributed by atoms with Crippen molar-refractivity contribution in [2.75, 3.05) is 6.61 Å². The van der Waals surface area contributed by atoms with Gasteiger partial charge in [-0.1, -0.05) is 26.0 Å². The smallest absolute Gasteiger partial charge is 0.186 e. The molecule has 0 amide bonds. The average Bonchev–Trinajstić information content (AvgIpc) is 3.08. The highest BCUT2D eigenvalue weighted by Crippen LogP contribution is 2.69. The summed E-state index contributed by atoms with van der Waals surface area (Å²) in [7, 11) is 0. The van der Waals surface area contributed by atoms with E-state index in [4.69, 9.17) is 9.47 Å². The van der Waals surface area contributed by atoms with Crippen molar-refractivity contribution in [3.8, 4) is 0 Å². The summed E-state index contributed by atoms with van der Waals surface area (Å²) in [6.07, 6.45) is -4.90. The maximum atomic E-state index is 12.2. The molecule has 1 heterocycles. The Labute approximate surface area is 206 Å². The fourth-order valence-electron chi connectivity index (χ4n) is 8.71. The van der Waals surface area contributed by atoms with E-state index in [0.29, 0.717) is 19.3 Å². The van der Waals surface area contributed by atoms with E-state index in [-0.39, 0.29) is 17.3 Å². The maximum Gasteiger partial charge on any atom is 0.186 e. The van der Waals surface area contributed by atoms with Crippen LogP contribution in [0.1, 0.15) is 59.3 Å². The molecule has 9 heteroatoms. The van der Waals surface area contributed by atoms with E-state index in [1.807, 2.05) is 20.8 Å². The lowest BCUT2D eigenvalue weighted by Crippen LogP contribution is -2.61. The first kappa shape index (κ1) is 26.0. The standard InChI is InChI=1S/C26H42O9/c1-12-14-6-5-13-8-25(14,11-24(13,4)32)9-17(28)26(33)15(12)7-18(23(26,2)3)35-22-21(31)20(30)19(29)16(10-27)34-22/h13-22,27-33H,1,5-11H2,2-4H3/t13-,14+,15-,16-,17-,18+,19-,20+,21-,22+,24-,25+,26-/m0/s1. The molecular formula is C26H42O9. The summed E-state index contributed by atoms with van der Waals surface area (Å²) in [5.41, 5.74) is -2.75. The van der Waals surface area contributed by atoms with Gasteiger partial charge < -0.3 is 45.2 Å². The van der Waals surface area contributed by atoms with Gasteiger partial charge in [-0.2, -0.15) is 0 Å². The lowest BCUT2D eigenvalue weighted by Gasteiger charge is -2.47. The zero-order chi connectivity index (χ0) is 25.7. The Bertz CT molecular complexity index is 858. The SMILES string of the molecule is C=C1[C@H]2CC[C@H]3C[C@@]2(C[C@H](O)[C@@]2(O)[C@H]1C[C@@H](O[C@H]1O[C@@H](CO)[C@H](O)[C@@H](O)[C@@H]1O)C2(C)C)C[C@]3(C)O. The quantitative estimate of drug-likeness (QED) is 0.262. The number of fused-ring (bicyclic) bond motifs is 2. The van der Waals surface area contributed by atoms with Gasteiger partial charge in [0, 0.05) is 11.3 Å². The first-order valence-electron chi connectivity index (χ1n) is 13.0. The lowest BCUT2D eigenvalue weighted by molar-refractivity contribution is -0.321. The molecule has 7 N–H and O–H groups in total. The lowest BCUT2D eigenvalue weighted by atomic mass is 9.63. The Hall–Kier alpha value is -0.620. The summed E-state index contributed by atoms with van der Waals surface area (Å²) in [5.74, 6) is -0.210. The third-order valence-corrected chi connectivity index (χ3v) is 10.8. The molecule has 35 heavy (non-hydrogen) atoms. The summed E-state index contributed by atoms with van der Waals surface area (Å²) >= 11 is 0. The highest BCUT2D eigenvalue weighted by molar-refractivity contribution is 5.30. The molecule has 1 saturated heterocycles. The Morgan fingerprint density at radius 2 is 1.66 bits per heavy atom. The zero-order valence-electron chi connectivity index (χ0n) is 20.9. The van der Waals surface area contributed by atoms with Gasteiger partial charge in [-0.15, -0.1) is 0 Å². The second-order valence-electron chi connectivity index (χ2n) is 12.9. The Kier molecular flexibility index (Phi) is 6.08. The summed E-state index contributed by atoms with van der Waals surface area (Å²) < 4.78 is 11.7. The molecule has 0 unspecified atom stereocenters. The molecular weight excluding hydrogens is 456 g/mol. The molecule has 9 nitrogen and oxygen atoms in total. The minimum atomic E-state index is -1.56. The Morgan fingerprint density at radius 1 is 0.971 bits per heavy atom. The summed E-state index contributed by atoms with van der Waals surface area (Å²) in [5, 5.41) is 75.2. The van der Waals surface area contributed by atoms with Crippen molar-refractivity contribution < 1.29 is 45.2 Å². The molecule has 5 fully saturated rings. The molecule has 0 aromatic rings. The van der Waals surface area contributed by atoms with Crippen LogP contribution in [0.2, 0.25) is 0 Å². The molecule has 4 aliphatic carbocycles. The van der Waals surface area contributed by atoms with Gasteiger partial charge in [-0.25, -0.2) is 0 Å². The van der Waals surface area contributed by atoms with Gasteiger partial charge in [0.15, 0.2) is 6.29 Å². The van der Waals surface area contributed by atoms with E-state index < -0.39 is 72.1 Å². The molecule has 0 aromatic carbocycles. The first-order valence-corrected chi connectivity index (χ1v) is 13.0. The number of hydrogen-bond donors (Lipinski definition) is 7. The summed E-state index contributed by atoms with van der Waals surface area (Å²) in [6, 6.07) is 0. The van der Waals surface area contributed by atoms with Gasteiger partial charge in [0.1, 0.15) is 30.0 Å². The zero-order valence-corrected chi connectivity index (χ0v) is 20.9. The highest BCUT2D eigenvalue weighted by atomic mass is 16.7. The third-order valence-electron chi connectivity index (χ3n) is 10.8. The minimum absolute atomic E-state index is 0.0724. The molecule has 5 aliphatic rings. The van der Waals surface area contributed by atoms with Crippen LogP contribution in [0.5, 0.6) is 0 Å². The molecule has 13 atom stereocenters. The largest absolute Gasteiger partial charge is 0.394 e. The molecule has 1 aliphatic heterocycles. The monoisotopic (exact) mass is 498 g/mol. The van der Waals surface area contributed by atoms with Crippen LogP contribution in [0.15, 0.2) is 12.2 Å². The van der Waals surface area contributed by atoms with Crippen LogP contribution in [-0.4, -0.2) is 96.5 Å². The normalized spacial score (nSPS) is 57.5. The van der Waals surface area contributed by atoms with Crippen molar-refractivity contribution in [2.24, 2.45) is 28.6 Å². The Morgan fingerprint density at radius 3 is 2.31 bits per heavy atom. The minimum Gasteiger partial charge on any atom is -0.394 e. The van der Waals surface area contributed by atoms with Crippen molar-refractivity contribution in [3.05, 3.63) is 12.2 Å². The van der Waals surface area contributed by atoms with Crippen LogP contribution in [0, 0.1) is 28.6 Å². The molecule has 0 aromatic heterocycles. The Balaban J connectivity index is 1.44. The van der Waals surface area contributed by atoms with Crippen molar-refractivity contribution in [1.82, 2.24) is 0 Å². The van der Waals surface area contributed by atoms with Crippen LogP contribution < -0.4 is 0 Å². The maximum absolute atomic E-state index is 12.2. The molecule has 5 rings (SSSR count). The predicted octanol–water partition coefficient (Wildman–Crippen LogP) is -0.173. The fraction of sp³-hybridized carbons (Fsp3) is 0.923. The van der Waals surface area contributed by atoms with Crippen LogP contribution in [0.3, 0.4) is 0 Å². The number of hydrogen-bond acceptors (Lipinski definition) is 9. The first-order chi connectivity index (χ1) is 16.2. The molecule has 0 radical (unpaired) electrons. The van der Waals surface area contributed by atoms with Gasteiger partial charge >= 0.3 is 0 Å². The number of ether oxygens (including phenoxy) is 2. The van der Waals surface area contributed by atoms with Gasteiger partial charge in [-0.3, -0.25) is 0 Å². The number of aliphatic hydroxyl groups is 7. The van der Waals surface area contributed by atoms with Crippen molar-refractivity contribution >= 4 is 0 Å². The van der Waals surface area contributed by atoms with E-state index in [0.717, 1.165) is 24.8 Å².